The van der Waals surface area contributed by atoms with E-state index in [1.54, 1.807) is 25.3 Å². The van der Waals surface area contributed by atoms with E-state index in [9.17, 15) is 4.79 Å². The summed E-state index contributed by atoms with van der Waals surface area (Å²) in [6.45, 7) is 1.02. The van der Waals surface area contributed by atoms with Gasteiger partial charge in [0, 0.05) is 18.4 Å². The van der Waals surface area contributed by atoms with Gasteiger partial charge in [0.05, 0.1) is 18.8 Å². The number of nitrogens with two attached hydrogens (primary N) is 1. The number of benzene rings is 1. The Bertz CT molecular complexity index is 427. The predicted octanol–water partition coefficient (Wildman–Crippen LogP) is 1.61. The van der Waals surface area contributed by atoms with Gasteiger partial charge in [-0.15, -0.1) is 0 Å². The number of nitrogen functional groups attached to an aromatic ring is 1. The van der Waals surface area contributed by atoms with Crippen molar-refractivity contribution in [3.63, 3.8) is 0 Å². The molecule has 1 fully saturated rings. The summed E-state index contributed by atoms with van der Waals surface area (Å²) >= 11 is 0. The summed E-state index contributed by atoms with van der Waals surface area (Å²) in [6.07, 6.45) is 1.98. The van der Waals surface area contributed by atoms with Crippen LogP contribution in [0.1, 0.15) is 23.2 Å². The SMILES string of the molecule is COc1ccc(C(=O)OCC2CCCO2)c(N)c1. The van der Waals surface area contributed by atoms with Crippen molar-refractivity contribution in [1.29, 1.82) is 0 Å². The first-order valence-electron chi connectivity index (χ1n) is 5.93. The maximum absolute atomic E-state index is 11.8. The summed E-state index contributed by atoms with van der Waals surface area (Å²) in [5.41, 5.74) is 6.48. The molecule has 0 spiro atoms. The van der Waals surface area contributed by atoms with Crippen molar-refractivity contribution >= 4 is 11.7 Å². The summed E-state index contributed by atoms with van der Waals surface area (Å²) in [6, 6.07) is 4.88. The van der Waals surface area contributed by atoms with E-state index < -0.39 is 5.97 Å². The average molecular weight is 251 g/mol. The number of hydrogen-bond donors (Lipinski definition) is 1. The van der Waals surface area contributed by atoms with Crippen LogP contribution in [0.3, 0.4) is 0 Å². The monoisotopic (exact) mass is 251 g/mol. The third-order valence-corrected chi connectivity index (χ3v) is 2.90. The van der Waals surface area contributed by atoms with Gasteiger partial charge in [0.1, 0.15) is 12.4 Å². The third kappa shape index (κ3) is 2.92. The van der Waals surface area contributed by atoms with Gasteiger partial charge in [0.15, 0.2) is 0 Å². The first kappa shape index (κ1) is 12.7. The van der Waals surface area contributed by atoms with E-state index >= 15 is 0 Å². The number of ether oxygens (including phenoxy) is 3. The molecule has 18 heavy (non-hydrogen) atoms. The highest BCUT2D eigenvalue weighted by Gasteiger charge is 2.19. The van der Waals surface area contributed by atoms with Crippen molar-refractivity contribution in [1.82, 2.24) is 0 Å². The molecule has 1 aromatic carbocycles. The third-order valence-electron chi connectivity index (χ3n) is 2.90. The summed E-state index contributed by atoms with van der Waals surface area (Å²) in [4.78, 5) is 11.8. The van der Waals surface area contributed by atoms with Crippen molar-refractivity contribution < 1.29 is 19.0 Å². The molecule has 1 aliphatic rings. The fourth-order valence-electron chi connectivity index (χ4n) is 1.88. The minimum Gasteiger partial charge on any atom is -0.497 e. The molecular formula is C13H17NO4. The minimum absolute atomic E-state index is 0.0217. The molecule has 2 rings (SSSR count). The van der Waals surface area contributed by atoms with Crippen LogP contribution in [-0.2, 0) is 9.47 Å². The minimum atomic E-state index is -0.425. The zero-order valence-corrected chi connectivity index (χ0v) is 10.3. The Morgan fingerprint density at radius 2 is 2.39 bits per heavy atom. The van der Waals surface area contributed by atoms with Crippen LogP contribution in [0.25, 0.3) is 0 Å². The smallest absolute Gasteiger partial charge is 0.340 e. The predicted molar refractivity (Wildman–Crippen MR) is 66.7 cm³/mol. The van der Waals surface area contributed by atoms with Gasteiger partial charge in [0.2, 0.25) is 0 Å². The van der Waals surface area contributed by atoms with Crippen LogP contribution < -0.4 is 10.5 Å². The zero-order valence-electron chi connectivity index (χ0n) is 10.3. The quantitative estimate of drug-likeness (QED) is 0.650. The van der Waals surface area contributed by atoms with Crippen LogP contribution in [0.4, 0.5) is 5.69 Å². The Balaban J connectivity index is 1.95. The van der Waals surface area contributed by atoms with Gasteiger partial charge in [-0.1, -0.05) is 0 Å². The van der Waals surface area contributed by atoms with Gasteiger partial charge in [0.25, 0.3) is 0 Å². The Morgan fingerprint density at radius 3 is 3.00 bits per heavy atom. The molecule has 1 saturated heterocycles. The number of carbonyl (C=O) groups excluding carboxylic acids is 1. The highest BCUT2D eigenvalue weighted by atomic mass is 16.6. The zero-order chi connectivity index (χ0) is 13.0. The second-order valence-electron chi connectivity index (χ2n) is 4.19. The lowest BCUT2D eigenvalue weighted by molar-refractivity contribution is 0.0162. The maximum Gasteiger partial charge on any atom is 0.340 e. The number of methoxy groups -OCH3 is 1. The van der Waals surface area contributed by atoms with Crippen molar-refractivity contribution in [2.24, 2.45) is 0 Å². The van der Waals surface area contributed by atoms with Gasteiger partial charge in [-0.05, 0) is 25.0 Å². The Hall–Kier alpha value is -1.75. The van der Waals surface area contributed by atoms with E-state index in [2.05, 4.69) is 0 Å². The second kappa shape index (κ2) is 5.73. The molecule has 98 valence electrons. The first-order valence-corrected chi connectivity index (χ1v) is 5.93. The Labute approximate surface area is 106 Å². The highest BCUT2D eigenvalue weighted by Crippen LogP contribution is 2.21. The molecule has 0 aromatic heterocycles. The molecule has 5 heteroatoms. The fourth-order valence-corrected chi connectivity index (χ4v) is 1.88. The standard InChI is InChI=1S/C13H17NO4/c1-16-9-4-5-11(12(14)7-9)13(15)18-8-10-3-2-6-17-10/h4-5,7,10H,2-3,6,8,14H2,1H3. The molecule has 1 aliphatic heterocycles. The van der Waals surface area contributed by atoms with Crippen LogP contribution in [-0.4, -0.2) is 32.4 Å². The molecule has 0 radical (unpaired) electrons. The van der Waals surface area contributed by atoms with Gasteiger partial charge >= 0.3 is 5.97 Å². The van der Waals surface area contributed by atoms with Crippen LogP contribution in [0.15, 0.2) is 18.2 Å². The fraction of sp³-hybridized carbons (Fsp3) is 0.462. The summed E-state index contributed by atoms with van der Waals surface area (Å²) < 4.78 is 15.6. The van der Waals surface area contributed by atoms with E-state index in [4.69, 9.17) is 19.9 Å². The maximum atomic E-state index is 11.8. The van der Waals surface area contributed by atoms with E-state index in [0.29, 0.717) is 17.0 Å². The van der Waals surface area contributed by atoms with E-state index in [1.807, 2.05) is 0 Å². The molecule has 0 bridgehead atoms. The first-order chi connectivity index (χ1) is 8.70. The number of esters is 1. The van der Waals surface area contributed by atoms with Crippen LogP contribution in [0, 0.1) is 0 Å². The van der Waals surface area contributed by atoms with Gasteiger partial charge in [-0.25, -0.2) is 4.79 Å². The van der Waals surface area contributed by atoms with E-state index in [-0.39, 0.29) is 12.7 Å². The molecule has 1 atom stereocenters. The number of anilines is 1. The summed E-state index contributed by atoms with van der Waals surface area (Å²) in [7, 11) is 1.55. The molecule has 1 heterocycles. The Morgan fingerprint density at radius 1 is 1.56 bits per heavy atom. The van der Waals surface area contributed by atoms with Crippen LogP contribution in [0.2, 0.25) is 0 Å². The lowest BCUT2D eigenvalue weighted by Gasteiger charge is -2.11. The Kier molecular flexibility index (Phi) is 4.04. The average Bonchev–Trinajstić information content (AvgIpc) is 2.88. The second-order valence-corrected chi connectivity index (χ2v) is 4.19. The molecule has 0 amide bonds. The molecule has 1 unspecified atom stereocenters. The van der Waals surface area contributed by atoms with Crippen molar-refractivity contribution in [2.75, 3.05) is 26.1 Å². The van der Waals surface area contributed by atoms with E-state index in [1.165, 1.54) is 0 Å². The summed E-state index contributed by atoms with van der Waals surface area (Å²) in [5.74, 6) is 0.189. The molecule has 0 saturated carbocycles. The molecule has 2 N–H and O–H groups in total. The molecule has 1 aromatic rings. The van der Waals surface area contributed by atoms with Gasteiger partial charge in [-0.2, -0.15) is 0 Å². The normalized spacial score (nSPS) is 18.6. The topological polar surface area (TPSA) is 70.8 Å². The lowest BCUT2D eigenvalue weighted by Crippen LogP contribution is -2.18. The number of carbonyl (C=O) groups is 1. The van der Waals surface area contributed by atoms with Crippen molar-refractivity contribution in [2.45, 2.75) is 18.9 Å². The number of hydrogen-bond acceptors (Lipinski definition) is 5. The number of rotatable bonds is 4. The van der Waals surface area contributed by atoms with Gasteiger partial charge in [-0.3, -0.25) is 0 Å². The van der Waals surface area contributed by atoms with E-state index in [0.717, 1.165) is 19.4 Å². The van der Waals surface area contributed by atoms with Crippen molar-refractivity contribution in [3.05, 3.63) is 23.8 Å². The highest BCUT2D eigenvalue weighted by molar-refractivity contribution is 5.95. The van der Waals surface area contributed by atoms with Crippen LogP contribution in [0.5, 0.6) is 5.75 Å². The molecular weight excluding hydrogens is 234 g/mol. The van der Waals surface area contributed by atoms with Gasteiger partial charge < -0.3 is 19.9 Å². The summed E-state index contributed by atoms with van der Waals surface area (Å²) in [5, 5.41) is 0. The van der Waals surface area contributed by atoms with Crippen LogP contribution >= 0.6 is 0 Å². The van der Waals surface area contributed by atoms with Crippen molar-refractivity contribution in [3.8, 4) is 5.75 Å². The molecule has 0 aliphatic carbocycles. The lowest BCUT2D eigenvalue weighted by atomic mass is 10.2. The molecule has 5 nitrogen and oxygen atoms in total. The largest absolute Gasteiger partial charge is 0.497 e.